The number of primary amides is 1. The second-order valence-electron chi connectivity index (χ2n) is 3.55. The molecule has 0 spiro atoms. The highest BCUT2D eigenvalue weighted by Gasteiger charge is 2.03. The number of amides is 1. The van der Waals surface area contributed by atoms with Crippen LogP contribution >= 0.6 is 0 Å². The molecule has 0 saturated heterocycles. The van der Waals surface area contributed by atoms with Crippen LogP contribution in [0.15, 0.2) is 18.2 Å². The molecule has 1 aromatic carbocycles. The Kier molecular flexibility index (Phi) is 4.57. The number of hydrogen-bond donors (Lipinski definition) is 3. The van der Waals surface area contributed by atoms with Crippen molar-refractivity contribution in [3.05, 3.63) is 24.0 Å². The fourth-order valence-electron chi connectivity index (χ4n) is 1.34. The molecule has 0 bridgehead atoms. The predicted molar refractivity (Wildman–Crippen MR) is 62.3 cm³/mol. The Morgan fingerprint density at radius 3 is 2.81 bits per heavy atom. The lowest BCUT2D eigenvalue weighted by Gasteiger charge is -2.09. The summed E-state index contributed by atoms with van der Waals surface area (Å²) in [6, 6.07) is 4.62. The van der Waals surface area contributed by atoms with Crippen LogP contribution < -0.4 is 16.8 Å². The number of carbonyl (C=O) groups is 1. The average Bonchev–Trinajstić information content (AvgIpc) is 2.23. The van der Waals surface area contributed by atoms with Crippen molar-refractivity contribution in [2.75, 3.05) is 17.6 Å². The van der Waals surface area contributed by atoms with Gasteiger partial charge in [0.05, 0.1) is 11.4 Å². The van der Waals surface area contributed by atoms with Gasteiger partial charge in [-0.15, -0.1) is 0 Å². The minimum atomic E-state index is -0.429. The van der Waals surface area contributed by atoms with Gasteiger partial charge in [-0.2, -0.15) is 0 Å². The molecule has 0 unspecified atom stereocenters. The Hall–Kier alpha value is -1.78. The summed E-state index contributed by atoms with van der Waals surface area (Å²) in [5, 5.41) is 3.01. The van der Waals surface area contributed by atoms with E-state index in [1.807, 2.05) is 0 Å². The molecule has 0 saturated carbocycles. The highest BCUT2D eigenvalue weighted by atomic mass is 19.1. The quantitative estimate of drug-likeness (QED) is 0.506. The third kappa shape index (κ3) is 3.76. The summed E-state index contributed by atoms with van der Waals surface area (Å²) in [7, 11) is 0. The summed E-state index contributed by atoms with van der Waals surface area (Å²) in [6.45, 7) is 0.640. The van der Waals surface area contributed by atoms with Gasteiger partial charge >= 0.3 is 0 Å². The number of nitrogens with two attached hydrogens (primary N) is 2. The highest BCUT2D eigenvalue weighted by molar-refractivity contribution is 5.73. The Bertz CT molecular complexity index is 368. The maximum absolute atomic E-state index is 13.0. The fourth-order valence-corrected chi connectivity index (χ4v) is 1.34. The zero-order valence-corrected chi connectivity index (χ0v) is 9.00. The number of carbonyl (C=O) groups excluding carboxylic acids is 1. The topological polar surface area (TPSA) is 81.1 Å². The molecule has 0 heterocycles. The number of rotatable bonds is 6. The van der Waals surface area contributed by atoms with E-state index >= 15 is 0 Å². The first-order chi connectivity index (χ1) is 7.61. The minimum Gasteiger partial charge on any atom is -0.395 e. The van der Waals surface area contributed by atoms with Crippen LogP contribution in [0, 0.1) is 5.82 Å². The normalized spacial score (nSPS) is 10.1. The van der Waals surface area contributed by atoms with Crippen LogP contribution in [0.1, 0.15) is 19.3 Å². The number of para-hydroxylation sites is 1. The molecule has 16 heavy (non-hydrogen) atoms. The van der Waals surface area contributed by atoms with Gasteiger partial charge in [0, 0.05) is 13.0 Å². The first kappa shape index (κ1) is 12.3. The van der Waals surface area contributed by atoms with E-state index in [-0.39, 0.29) is 11.6 Å². The van der Waals surface area contributed by atoms with E-state index < -0.39 is 5.82 Å². The van der Waals surface area contributed by atoms with Crippen molar-refractivity contribution in [2.45, 2.75) is 19.3 Å². The van der Waals surface area contributed by atoms with Gasteiger partial charge in [-0.1, -0.05) is 6.07 Å². The molecule has 0 atom stereocenters. The zero-order chi connectivity index (χ0) is 12.0. The van der Waals surface area contributed by atoms with Gasteiger partial charge in [0.25, 0.3) is 0 Å². The molecule has 0 fully saturated rings. The summed E-state index contributed by atoms with van der Waals surface area (Å²) in [5.41, 5.74) is 11.2. The van der Waals surface area contributed by atoms with E-state index in [1.165, 1.54) is 6.07 Å². The molecule has 5 heteroatoms. The predicted octanol–water partition coefficient (Wildman–Crippen LogP) is 1.48. The molecular formula is C11H16FN3O. The molecule has 4 nitrogen and oxygen atoms in total. The van der Waals surface area contributed by atoms with Crippen LogP contribution in [-0.4, -0.2) is 12.5 Å². The Morgan fingerprint density at radius 2 is 2.12 bits per heavy atom. The van der Waals surface area contributed by atoms with Crippen molar-refractivity contribution in [3.63, 3.8) is 0 Å². The number of unbranched alkanes of at least 4 members (excludes halogenated alkanes) is 1. The second kappa shape index (κ2) is 5.95. The van der Waals surface area contributed by atoms with Crippen molar-refractivity contribution in [2.24, 2.45) is 5.73 Å². The van der Waals surface area contributed by atoms with Gasteiger partial charge in [-0.3, -0.25) is 4.79 Å². The number of anilines is 2. The molecule has 5 N–H and O–H groups in total. The van der Waals surface area contributed by atoms with Crippen molar-refractivity contribution < 1.29 is 9.18 Å². The maximum Gasteiger partial charge on any atom is 0.217 e. The summed E-state index contributed by atoms with van der Waals surface area (Å²) in [4.78, 5) is 10.5. The number of halogens is 1. The Labute approximate surface area is 93.8 Å². The monoisotopic (exact) mass is 225 g/mol. The summed E-state index contributed by atoms with van der Waals surface area (Å²) in [5.74, 6) is -0.729. The Balaban J connectivity index is 2.32. The molecule has 1 aromatic rings. The van der Waals surface area contributed by atoms with E-state index in [4.69, 9.17) is 11.5 Å². The number of nitrogen functional groups attached to an aromatic ring is 1. The van der Waals surface area contributed by atoms with Crippen molar-refractivity contribution in [1.29, 1.82) is 0 Å². The third-order valence-electron chi connectivity index (χ3n) is 2.22. The maximum atomic E-state index is 13.0. The van der Waals surface area contributed by atoms with Crippen LogP contribution in [0.5, 0.6) is 0 Å². The SMILES string of the molecule is NC(=O)CCCCNc1cccc(F)c1N. The van der Waals surface area contributed by atoms with Crippen molar-refractivity contribution in [3.8, 4) is 0 Å². The van der Waals surface area contributed by atoms with Gasteiger partial charge in [0.15, 0.2) is 0 Å². The van der Waals surface area contributed by atoms with E-state index in [0.717, 1.165) is 12.8 Å². The second-order valence-corrected chi connectivity index (χ2v) is 3.55. The number of hydrogen-bond acceptors (Lipinski definition) is 3. The summed E-state index contributed by atoms with van der Waals surface area (Å²) < 4.78 is 13.0. The molecular weight excluding hydrogens is 209 g/mol. The largest absolute Gasteiger partial charge is 0.395 e. The van der Waals surface area contributed by atoms with E-state index in [0.29, 0.717) is 18.7 Å². The van der Waals surface area contributed by atoms with Crippen molar-refractivity contribution in [1.82, 2.24) is 0 Å². The first-order valence-corrected chi connectivity index (χ1v) is 5.17. The average molecular weight is 225 g/mol. The molecule has 0 aliphatic rings. The van der Waals surface area contributed by atoms with Gasteiger partial charge in [-0.05, 0) is 25.0 Å². The zero-order valence-electron chi connectivity index (χ0n) is 9.00. The molecule has 1 amide bonds. The standard InChI is InChI=1S/C11H16FN3O/c12-8-4-3-5-9(11(8)14)15-7-2-1-6-10(13)16/h3-5,15H,1-2,6-7,14H2,(H2,13,16). The lowest BCUT2D eigenvalue weighted by molar-refractivity contribution is -0.118. The van der Waals surface area contributed by atoms with Crippen LogP contribution in [0.25, 0.3) is 0 Å². The molecule has 88 valence electrons. The number of nitrogens with one attached hydrogen (secondary N) is 1. The molecule has 0 aliphatic carbocycles. The molecule has 1 rings (SSSR count). The molecule has 0 aromatic heterocycles. The van der Waals surface area contributed by atoms with Gasteiger partial charge in [0.2, 0.25) is 5.91 Å². The molecule has 0 radical (unpaired) electrons. The van der Waals surface area contributed by atoms with Crippen molar-refractivity contribution >= 4 is 17.3 Å². The van der Waals surface area contributed by atoms with E-state index in [9.17, 15) is 9.18 Å². The number of benzene rings is 1. The smallest absolute Gasteiger partial charge is 0.217 e. The minimum absolute atomic E-state index is 0.123. The van der Waals surface area contributed by atoms with Crippen LogP contribution in [0.4, 0.5) is 15.8 Å². The van der Waals surface area contributed by atoms with Gasteiger partial charge in [-0.25, -0.2) is 4.39 Å². The van der Waals surface area contributed by atoms with E-state index in [2.05, 4.69) is 5.32 Å². The van der Waals surface area contributed by atoms with Crippen LogP contribution in [0.2, 0.25) is 0 Å². The van der Waals surface area contributed by atoms with Gasteiger partial charge < -0.3 is 16.8 Å². The van der Waals surface area contributed by atoms with Gasteiger partial charge in [0.1, 0.15) is 5.82 Å². The first-order valence-electron chi connectivity index (χ1n) is 5.17. The summed E-state index contributed by atoms with van der Waals surface area (Å²) >= 11 is 0. The fraction of sp³-hybridized carbons (Fsp3) is 0.364. The van der Waals surface area contributed by atoms with Crippen LogP contribution in [-0.2, 0) is 4.79 Å². The third-order valence-corrected chi connectivity index (χ3v) is 2.22. The lowest BCUT2D eigenvalue weighted by atomic mass is 10.2. The highest BCUT2D eigenvalue weighted by Crippen LogP contribution is 2.20. The van der Waals surface area contributed by atoms with E-state index in [1.54, 1.807) is 12.1 Å². The summed E-state index contributed by atoms with van der Waals surface area (Å²) in [6.07, 6.45) is 1.89. The lowest BCUT2D eigenvalue weighted by Crippen LogP contribution is -2.11. The van der Waals surface area contributed by atoms with Crippen LogP contribution in [0.3, 0.4) is 0 Å². The molecule has 0 aliphatic heterocycles. The Morgan fingerprint density at radius 1 is 1.38 bits per heavy atom.